The summed E-state index contributed by atoms with van der Waals surface area (Å²) in [7, 11) is -2.31. The van der Waals surface area contributed by atoms with Crippen LogP contribution in [0.5, 0.6) is 5.75 Å². The Kier molecular flexibility index (Phi) is 6.03. The molecule has 7 heteroatoms. The molecule has 0 fully saturated rings. The standard InChI is InChI=1S/C23H26N2O4S/c1-15(2)25-17(4)16(3)21(30(27,28)20-12-7-6-8-13-20)22(25)24-23(26)18-10-9-11-19(14-18)29-5/h6-15H,1-5H3,(H,24,26). The molecule has 1 aromatic heterocycles. The van der Waals surface area contributed by atoms with E-state index in [0.717, 1.165) is 5.69 Å². The van der Waals surface area contributed by atoms with Crippen molar-refractivity contribution >= 4 is 21.6 Å². The first-order valence-electron chi connectivity index (χ1n) is 9.65. The van der Waals surface area contributed by atoms with Gasteiger partial charge < -0.3 is 14.6 Å². The molecule has 30 heavy (non-hydrogen) atoms. The average molecular weight is 427 g/mol. The zero-order chi connectivity index (χ0) is 22.1. The van der Waals surface area contributed by atoms with Crippen molar-refractivity contribution < 1.29 is 17.9 Å². The maximum absolute atomic E-state index is 13.5. The Morgan fingerprint density at radius 2 is 1.70 bits per heavy atom. The zero-order valence-corrected chi connectivity index (χ0v) is 18.6. The van der Waals surface area contributed by atoms with Crippen molar-refractivity contribution in [3.63, 3.8) is 0 Å². The van der Waals surface area contributed by atoms with Crippen LogP contribution in [0, 0.1) is 13.8 Å². The maximum atomic E-state index is 13.5. The molecule has 0 radical (unpaired) electrons. The second-order valence-corrected chi connectivity index (χ2v) is 9.24. The molecule has 6 nitrogen and oxygen atoms in total. The molecule has 0 saturated heterocycles. The monoisotopic (exact) mass is 426 g/mol. The van der Waals surface area contributed by atoms with E-state index in [1.165, 1.54) is 7.11 Å². The molecule has 0 spiro atoms. The Morgan fingerprint density at radius 1 is 1.03 bits per heavy atom. The van der Waals surface area contributed by atoms with Gasteiger partial charge in [-0.2, -0.15) is 0 Å². The van der Waals surface area contributed by atoms with Crippen LogP contribution >= 0.6 is 0 Å². The van der Waals surface area contributed by atoms with Crippen LogP contribution in [-0.2, 0) is 9.84 Å². The smallest absolute Gasteiger partial charge is 0.256 e. The summed E-state index contributed by atoms with van der Waals surface area (Å²) >= 11 is 0. The first-order valence-corrected chi connectivity index (χ1v) is 11.1. The van der Waals surface area contributed by atoms with Gasteiger partial charge in [0.25, 0.3) is 5.91 Å². The summed E-state index contributed by atoms with van der Waals surface area (Å²) in [5.74, 6) is 0.417. The third kappa shape index (κ3) is 3.85. The molecule has 0 unspecified atom stereocenters. The van der Waals surface area contributed by atoms with Crippen LogP contribution in [0.3, 0.4) is 0 Å². The van der Waals surface area contributed by atoms with E-state index >= 15 is 0 Å². The minimum atomic E-state index is -3.84. The van der Waals surface area contributed by atoms with Gasteiger partial charge in [0.2, 0.25) is 9.84 Å². The van der Waals surface area contributed by atoms with Crippen LogP contribution in [0.4, 0.5) is 5.82 Å². The number of nitrogens with zero attached hydrogens (tertiary/aromatic N) is 1. The van der Waals surface area contributed by atoms with Crippen molar-refractivity contribution in [3.05, 3.63) is 71.4 Å². The zero-order valence-electron chi connectivity index (χ0n) is 17.8. The van der Waals surface area contributed by atoms with Gasteiger partial charge in [0.1, 0.15) is 16.5 Å². The lowest BCUT2D eigenvalue weighted by molar-refractivity contribution is 0.102. The highest BCUT2D eigenvalue weighted by molar-refractivity contribution is 7.91. The SMILES string of the molecule is COc1cccc(C(=O)Nc2c(S(=O)(=O)c3ccccc3)c(C)c(C)n2C(C)C)c1. The van der Waals surface area contributed by atoms with Crippen LogP contribution in [0.2, 0.25) is 0 Å². The van der Waals surface area contributed by atoms with Crippen LogP contribution in [0.15, 0.2) is 64.4 Å². The van der Waals surface area contributed by atoms with Gasteiger partial charge in [-0.25, -0.2) is 8.42 Å². The van der Waals surface area contributed by atoms with E-state index in [9.17, 15) is 13.2 Å². The minimum Gasteiger partial charge on any atom is -0.497 e. The molecule has 0 aliphatic carbocycles. The van der Waals surface area contributed by atoms with Crippen molar-refractivity contribution in [2.45, 2.75) is 43.5 Å². The van der Waals surface area contributed by atoms with E-state index < -0.39 is 15.7 Å². The summed E-state index contributed by atoms with van der Waals surface area (Å²) in [5.41, 5.74) is 1.79. The third-order valence-corrected chi connectivity index (χ3v) is 7.03. The van der Waals surface area contributed by atoms with E-state index in [1.807, 2.05) is 25.3 Å². The molecule has 3 aromatic rings. The summed E-state index contributed by atoms with van der Waals surface area (Å²) in [6, 6.07) is 14.9. The molecule has 0 aliphatic heterocycles. The van der Waals surface area contributed by atoms with Crippen LogP contribution < -0.4 is 10.1 Å². The molecule has 1 N–H and O–H groups in total. The summed E-state index contributed by atoms with van der Waals surface area (Å²) in [6.07, 6.45) is 0. The largest absolute Gasteiger partial charge is 0.497 e. The highest BCUT2D eigenvalue weighted by atomic mass is 32.2. The highest BCUT2D eigenvalue weighted by Gasteiger charge is 2.31. The van der Waals surface area contributed by atoms with E-state index in [0.29, 0.717) is 16.9 Å². The van der Waals surface area contributed by atoms with E-state index in [1.54, 1.807) is 61.5 Å². The van der Waals surface area contributed by atoms with Gasteiger partial charge in [0, 0.05) is 17.3 Å². The summed E-state index contributed by atoms with van der Waals surface area (Å²) in [4.78, 5) is 13.3. The number of sulfone groups is 1. The molecule has 0 aliphatic rings. The Morgan fingerprint density at radius 3 is 2.30 bits per heavy atom. The average Bonchev–Trinajstić information content (AvgIpc) is 2.99. The maximum Gasteiger partial charge on any atom is 0.256 e. The van der Waals surface area contributed by atoms with Gasteiger partial charge in [-0.3, -0.25) is 4.79 Å². The Balaban J connectivity index is 2.18. The summed E-state index contributed by atoms with van der Waals surface area (Å²) in [5, 5.41) is 2.85. The Bertz CT molecular complexity index is 1180. The highest BCUT2D eigenvalue weighted by Crippen LogP contribution is 2.37. The molecule has 0 bridgehead atoms. The second kappa shape index (κ2) is 8.36. The van der Waals surface area contributed by atoms with Crippen molar-refractivity contribution in [3.8, 4) is 5.75 Å². The minimum absolute atomic E-state index is 0.0518. The number of nitrogens with one attached hydrogen (secondary N) is 1. The van der Waals surface area contributed by atoms with Crippen LogP contribution in [-0.4, -0.2) is 26.0 Å². The number of carbonyl (C=O) groups excluding carboxylic acids is 1. The number of methoxy groups -OCH3 is 1. The molecule has 3 rings (SSSR count). The topological polar surface area (TPSA) is 77.4 Å². The van der Waals surface area contributed by atoms with Crippen molar-refractivity contribution in [2.75, 3.05) is 12.4 Å². The number of hydrogen-bond acceptors (Lipinski definition) is 4. The number of benzene rings is 2. The number of anilines is 1. The quantitative estimate of drug-likeness (QED) is 0.615. The molecule has 2 aromatic carbocycles. The Labute approximate surface area is 177 Å². The molecule has 158 valence electrons. The van der Waals surface area contributed by atoms with Gasteiger partial charge in [0.15, 0.2) is 0 Å². The number of aromatic nitrogens is 1. The predicted octanol–water partition coefficient (Wildman–Crippen LogP) is 4.78. The Hall–Kier alpha value is -3.06. The van der Waals surface area contributed by atoms with E-state index in [2.05, 4.69) is 5.32 Å². The molecule has 1 amide bonds. The van der Waals surface area contributed by atoms with Crippen molar-refractivity contribution in [2.24, 2.45) is 0 Å². The number of ether oxygens (including phenoxy) is 1. The molecule has 0 saturated carbocycles. The molecule has 1 heterocycles. The number of rotatable bonds is 6. The lowest BCUT2D eigenvalue weighted by Gasteiger charge is -2.17. The summed E-state index contributed by atoms with van der Waals surface area (Å²) < 4.78 is 34.0. The summed E-state index contributed by atoms with van der Waals surface area (Å²) in [6.45, 7) is 7.53. The molecular weight excluding hydrogens is 400 g/mol. The van der Waals surface area contributed by atoms with Crippen LogP contribution in [0.1, 0.15) is 41.5 Å². The van der Waals surface area contributed by atoms with Crippen LogP contribution in [0.25, 0.3) is 0 Å². The fraction of sp³-hybridized carbons (Fsp3) is 0.261. The predicted molar refractivity (Wildman–Crippen MR) is 117 cm³/mol. The molecular formula is C23H26N2O4S. The van der Waals surface area contributed by atoms with Crippen molar-refractivity contribution in [1.29, 1.82) is 0 Å². The first kappa shape index (κ1) is 21.6. The third-order valence-electron chi connectivity index (χ3n) is 5.10. The van der Waals surface area contributed by atoms with Gasteiger partial charge in [-0.05, 0) is 63.6 Å². The van der Waals surface area contributed by atoms with Gasteiger partial charge in [-0.1, -0.05) is 24.3 Å². The molecule has 0 atom stereocenters. The van der Waals surface area contributed by atoms with E-state index in [-0.39, 0.29) is 21.7 Å². The second-order valence-electron chi connectivity index (χ2n) is 7.35. The van der Waals surface area contributed by atoms with Gasteiger partial charge in [0.05, 0.1) is 12.0 Å². The number of amides is 1. The first-order chi connectivity index (χ1) is 14.2. The fourth-order valence-corrected chi connectivity index (χ4v) is 5.26. The number of carbonyl (C=O) groups is 1. The normalized spacial score (nSPS) is 11.5. The van der Waals surface area contributed by atoms with E-state index in [4.69, 9.17) is 4.74 Å². The van der Waals surface area contributed by atoms with Crippen molar-refractivity contribution in [1.82, 2.24) is 4.57 Å². The lowest BCUT2D eigenvalue weighted by Crippen LogP contribution is -2.19. The lowest BCUT2D eigenvalue weighted by atomic mass is 10.2. The van der Waals surface area contributed by atoms with Gasteiger partial charge >= 0.3 is 0 Å². The fourth-order valence-electron chi connectivity index (χ4n) is 3.55. The van der Waals surface area contributed by atoms with Gasteiger partial charge in [-0.15, -0.1) is 0 Å². The number of hydrogen-bond donors (Lipinski definition) is 1.